The summed E-state index contributed by atoms with van der Waals surface area (Å²) in [7, 11) is 0. The molecule has 0 saturated carbocycles. The monoisotopic (exact) mass is 285 g/mol. The molecule has 0 aromatic carbocycles. The summed E-state index contributed by atoms with van der Waals surface area (Å²) >= 11 is 1.04. The number of rotatable bonds is 5. The average Bonchev–Trinajstić information content (AvgIpc) is 2.86. The number of oxime groups is 1. The zero-order chi connectivity index (χ0) is 14.6. The maximum absolute atomic E-state index is 12.3. The van der Waals surface area contributed by atoms with Gasteiger partial charge < -0.3 is 16.3 Å². The standard InChI is InChI=1S/C11H19N5O2S/c1-5-11(4,10(12)15-18)13-9(17)8-7(6(2)3)14-16-19-8/h6,18H,5H2,1-4H3,(H2,12,15)(H,13,17). The summed E-state index contributed by atoms with van der Waals surface area (Å²) in [6, 6.07) is 0. The van der Waals surface area contributed by atoms with Gasteiger partial charge >= 0.3 is 0 Å². The fourth-order valence-electron chi connectivity index (χ4n) is 1.48. The third-order valence-electron chi connectivity index (χ3n) is 3.04. The summed E-state index contributed by atoms with van der Waals surface area (Å²) in [6.45, 7) is 7.42. The normalized spacial score (nSPS) is 15.3. The third-order valence-corrected chi connectivity index (χ3v) is 3.78. The molecule has 0 saturated heterocycles. The van der Waals surface area contributed by atoms with Crippen molar-refractivity contribution < 1.29 is 10.0 Å². The summed E-state index contributed by atoms with van der Waals surface area (Å²) in [5, 5.41) is 18.5. The van der Waals surface area contributed by atoms with Crippen molar-refractivity contribution in [2.45, 2.75) is 45.6 Å². The Morgan fingerprint density at radius 1 is 1.63 bits per heavy atom. The minimum atomic E-state index is -0.899. The molecule has 8 heteroatoms. The molecular formula is C11H19N5O2S. The second kappa shape index (κ2) is 5.96. The molecule has 19 heavy (non-hydrogen) atoms. The number of carbonyl (C=O) groups is 1. The van der Waals surface area contributed by atoms with E-state index in [9.17, 15) is 4.79 Å². The molecule has 1 rings (SSSR count). The molecule has 1 amide bonds. The summed E-state index contributed by atoms with van der Waals surface area (Å²) in [5.74, 6) is -0.238. The van der Waals surface area contributed by atoms with Gasteiger partial charge in [0.15, 0.2) is 5.84 Å². The summed E-state index contributed by atoms with van der Waals surface area (Å²) in [6.07, 6.45) is 0.498. The molecule has 4 N–H and O–H groups in total. The van der Waals surface area contributed by atoms with Crippen molar-refractivity contribution in [3.05, 3.63) is 10.6 Å². The maximum atomic E-state index is 12.3. The van der Waals surface area contributed by atoms with Crippen molar-refractivity contribution in [3.8, 4) is 0 Å². The molecule has 1 heterocycles. The molecule has 106 valence electrons. The third kappa shape index (κ3) is 3.19. The molecule has 1 aromatic rings. The smallest absolute Gasteiger partial charge is 0.265 e. The first kappa shape index (κ1) is 15.4. The van der Waals surface area contributed by atoms with Crippen LogP contribution in [0.25, 0.3) is 0 Å². The molecule has 1 unspecified atom stereocenters. The van der Waals surface area contributed by atoms with Gasteiger partial charge in [0.05, 0.1) is 11.2 Å². The van der Waals surface area contributed by atoms with Crippen LogP contribution in [0.15, 0.2) is 5.16 Å². The van der Waals surface area contributed by atoms with E-state index in [2.05, 4.69) is 20.1 Å². The van der Waals surface area contributed by atoms with Gasteiger partial charge in [-0.05, 0) is 30.8 Å². The highest BCUT2D eigenvalue weighted by atomic mass is 32.1. The predicted octanol–water partition coefficient (Wildman–Crippen LogP) is 1.31. The number of nitrogens with one attached hydrogen (secondary N) is 1. The van der Waals surface area contributed by atoms with Crippen LogP contribution >= 0.6 is 11.5 Å². The highest BCUT2D eigenvalue weighted by Crippen LogP contribution is 2.21. The van der Waals surface area contributed by atoms with Crippen LogP contribution in [0, 0.1) is 0 Å². The van der Waals surface area contributed by atoms with Gasteiger partial charge in [0.2, 0.25) is 0 Å². The molecule has 0 fully saturated rings. The Morgan fingerprint density at radius 2 is 2.26 bits per heavy atom. The van der Waals surface area contributed by atoms with E-state index in [1.807, 2.05) is 20.8 Å². The van der Waals surface area contributed by atoms with Crippen LogP contribution in [-0.2, 0) is 0 Å². The van der Waals surface area contributed by atoms with Gasteiger partial charge in [0.1, 0.15) is 4.88 Å². The van der Waals surface area contributed by atoms with Crippen molar-refractivity contribution in [2.24, 2.45) is 10.9 Å². The number of amides is 1. The van der Waals surface area contributed by atoms with Crippen molar-refractivity contribution in [1.82, 2.24) is 14.9 Å². The number of hydrogen-bond donors (Lipinski definition) is 3. The van der Waals surface area contributed by atoms with Gasteiger partial charge in [0, 0.05) is 0 Å². The van der Waals surface area contributed by atoms with Crippen LogP contribution in [-0.4, -0.2) is 32.1 Å². The SMILES string of the molecule is CCC(C)(NC(=O)c1snnc1C(C)C)C(N)=NO. The molecule has 0 bridgehead atoms. The first-order valence-corrected chi connectivity index (χ1v) is 6.75. The Bertz CT molecular complexity index is 485. The van der Waals surface area contributed by atoms with Crippen LogP contribution in [0.3, 0.4) is 0 Å². The maximum Gasteiger partial charge on any atom is 0.265 e. The molecule has 1 atom stereocenters. The topological polar surface area (TPSA) is 113 Å². The lowest BCUT2D eigenvalue weighted by Crippen LogP contribution is -2.55. The molecule has 0 aliphatic heterocycles. The van der Waals surface area contributed by atoms with Gasteiger partial charge in [-0.2, -0.15) is 0 Å². The number of nitrogens with zero attached hydrogens (tertiary/aromatic N) is 3. The molecule has 0 aliphatic carbocycles. The summed E-state index contributed by atoms with van der Waals surface area (Å²) in [4.78, 5) is 12.7. The fourth-order valence-corrected chi connectivity index (χ4v) is 2.20. The average molecular weight is 285 g/mol. The number of hydrogen-bond acceptors (Lipinski definition) is 6. The van der Waals surface area contributed by atoms with E-state index in [1.54, 1.807) is 6.92 Å². The van der Waals surface area contributed by atoms with Gasteiger partial charge in [-0.15, -0.1) is 5.10 Å². The zero-order valence-corrected chi connectivity index (χ0v) is 12.3. The largest absolute Gasteiger partial charge is 0.409 e. The van der Waals surface area contributed by atoms with E-state index in [0.29, 0.717) is 17.0 Å². The highest BCUT2D eigenvalue weighted by molar-refractivity contribution is 7.08. The Hall–Kier alpha value is -1.70. The Morgan fingerprint density at radius 3 is 2.74 bits per heavy atom. The summed E-state index contributed by atoms with van der Waals surface area (Å²) in [5.41, 5.74) is 5.37. The van der Waals surface area contributed by atoms with E-state index in [1.165, 1.54) is 0 Å². The molecule has 0 spiro atoms. The van der Waals surface area contributed by atoms with Crippen molar-refractivity contribution in [2.75, 3.05) is 0 Å². The van der Waals surface area contributed by atoms with E-state index >= 15 is 0 Å². The van der Waals surface area contributed by atoms with Crippen LogP contribution in [0.1, 0.15) is 55.4 Å². The number of carbonyl (C=O) groups excluding carboxylic acids is 1. The number of aromatic nitrogens is 2. The van der Waals surface area contributed by atoms with Gasteiger partial charge in [-0.25, -0.2) is 0 Å². The Kier molecular flexibility index (Phi) is 4.82. The van der Waals surface area contributed by atoms with E-state index in [-0.39, 0.29) is 17.7 Å². The Balaban J connectivity index is 2.99. The quantitative estimate of drug-likeness (QED) is 0.326. The van der Waals surface area contributed by atoms with Gasteiger partial charge in [-0.1, -0.05) is 30.4 Å². The van der Waals surface area contributed by atoms with Crippen LogP contribution < -0.4 is 11.1 Å². The van der Waals surface area contributed by atoms with Crippen molar-refractivity contribution in [3.63, 3.8) is 0 Å². The predicted molar refractivity (Wildman–Crippen MR) is 73.6 cm³/mol. The lowest BCUT2D eigenvalue weighted by atomic mass is 9.97. The van der Waals surface area contributed by atoms with Crippen LogP contribution in [0.2, 0.25) is 0 Å². The van der Waals surface area contributed by atoms with Crippen LogP contribution in [0.5, 0.6) is 0 Å². The second-order valence-electron chi connectivity index (χ2n) is 4.77. The highest BCUT2D eigenvalue weighted by Gasteiger charge is 2.31. The first-order chi connectivity index (χ1) is 8.85. The number of amidine groups is 1. The number of nitrogens with two attached hydrogens (primary N) is 1. The first-order valence-electron chi connectivity index (χ1n) is 5.98. The van der Waals surface area contributed by atoms with Crippen molar-refractivity contribution >= 4 is 23.3 Å². The van der Waals surface area contributed by atoms with E-state index < -0.39 is 5.54 Å². The molecule has 7 nitrogen and oxygen atoms in total. The van der Waals surface area contributed by atoms with Gasteiger partial charge in [0.25, 0.3) is 5.91 Å². The van der Waals surface area contributed by atoms with Crippen LogP contribution in [0.4, 0.5) is 0 Å². The lowest BCUT2D eigenvalue weighted by Gasteiger charge is -2.27. The van der Waals surface area contributed by atoms with Gasteiger partial charge in [-0.3, -0.25) is 4.79 Å². The molecule has 1 aromatic heterocycles. The zero-order valence-electron chi connectivity index (χ0n) is 11.5. The van der Waals surface area contributed by atoms with Crippen molar-refractivity contribution in [1.29, 1.82) is 0 Å². The minimum absolute atomic E-state index is 0.0353. The molecule has 0 aliphatic rings. The molecular weight excluding hydrogens is 266 g/mol. The van der Waals surface area contributed by atoms with E-state index in [0.717, 1.165) is 11.5 Å². The lowest BCUT2D eigenvalue weighted by molar-refractivity contribution is 0.0927. The Labute approximate surface area is 116 Å². The second-order valence-corrected chi connectivity index (χ2v) is 5.52. The fraction of sp³-hybridized carbons (Fsp3) is 0.636. The molecule has 0 radical (unpaired) electrons. The van der Waals surface area contributed by atoms with E-state index in [4.69, 9.17) is 10.9 Å². The minimum Gasteiger partial charge on any atom is -0.409 e. The summed E-state index contributed by atoms with van der Waals surface area (Å²) < 4.78 is 3.81.